The highest BCUT2D eigenvalue weighted by atomic mass is 32.2. The smallest absolute Gasteiger partial charge is 0.122 e. The molecule has 1 aliphatic heterocycles. The lowest BCUT2D eigenvalue weighted by Crippen LogP contribution is -2.23. The monoisotopic (exact) mass is 237 g/mol. The van der Waals surface area contributed by atoms with Gasteiger partial charge in [0.25, 0.3) is 0 Å². The van der Waals surface area contributed by atoms with E-state index >= 15 is 0 Å². The number of hydrogen-bond donors (Lipinski definition) is 1. The van der Waals surface area contributed by atoms with Crippen molar-refractivity contribution in [3.8, 4) is 5.75 Å². The van der Waals surface area contributed by atoms with Gasteiger partial charge < -0.3 is 10.5 Å². The molecule has 2 rings (SSSR count). The Morgan fingerprint density at radius 2 is 2.38 bits per heavy atom. The minimum absolute atomic E-state index is 0.319. The SMILES string of the molecule is CSCC(N)CCc1ccc2c(c1)CCO2. The summed E-state index contributed by atoms with van der Waals surface area (Å²) >= 11 is 1.82. The second kappa shape index (κ2) is 5.60. The Labute approximate surface area is 102 Å². The Morgan fingerprint density at radius 1 is 1.50 bits per heavy atom. The van der Waals surface area contributed by atoms with Gasteiger partial charge in [-0.2, -0.15) is 11.8 Å². The number of rotatable bonds is 5. The van der Waals surface area contributed by atoms with Gasteiger partial charge in [0, 0.05) is 18.2 Å². The third kappa shape index (κ3) is 2.92. The highest BCUT2D eigenvalue weighted by Gasteiger charge is 2.12. The maximum Gasteiger partial charge on any atom is 0.122 e. The van der Waals surface area contributed by atoms with Gasteiger partial charge in [0.2, 0.25) is 0 Å². The molecule has 2 N–H and O–H groups in total. The minimum atomic E-state index is 0.319. The molecular weight excluding hydrogens is 218 g/mol. The third-order valence-electron chi connectivity index (χ3n) is 2.94. The van der Waals surface area contributed by atoms with E-state index < -0.39 is 0 Å². The normalized spacial score (nSPS) is 15.6. The van der Waals surface area contributed by atoms with E-state index in [0.29, 0.717) is 6.04 Å². The first kappa shape index (κ1) is 11.8. The molecule has 0 spiro atoms. The van der Waals surface area contributed by atoms with Crippen LogP contribution in [0.3, 0.4) is 0 Å². The van der Waals surface area contributed by atoms with E-state index in [-0.39, 0.29) is 0 Å². The first-order chi connectivity index (χ1) is 7.79. The Hall–Kier alpha value is -0.670. The van der Waals surface area contributed by atoms with Crippen LogP contribution in [0.2, 0.25) is 0 Å². The van der Waals surface area contributed by atoms with E-state index in [2.05, 4.69) is 24.5 Å². The van der Waals surface area contributed by atoms with Crippen LogP contribution >= 0.6 is 11.8 Å². The molecule has 88 valence electrons. The molecule has 0 radical (unpaired) electrons. The van der Waals surface area contributed by atoms with E-state index in [4.69, 9.17) is 10.5 Å². The number of benzene rings is 1. The lowest BCUT2D eigenvalue weighted by Gasteiger charge is -2.10. The fourth-order valence-corrected chi connectivity index (χ4v) is 2.64. The van der Waals surface area contributed by atoms with Crippen LogP contribution in [-0.2, 0) is 12.8 Å². The lowest BCUT2D eigenvalue weighted by atomic mass is 10.0. The first-order valence-electron chi connectivity index (χ1n) is 5.78. The van der Waals surface area contributed by atoms with Gasteiger partial charge >= 0.3 is 0 Å². The number of ether oxygens (including phenoxy) is 1. The Kier molecular flexibility index (Phi) is 4.13. The maximum absolute atomic E-state index is 6.00. The average molecular weight is 237 g/mol. The predicted octanol–water partition coefficient (Wildman–Crippen LogP) is 2.24. The molecule has 16 heavy (non-hydrogen) atoms. The Balaban J connectivity index is 1.90. The van der Waals surface area contributed by atoms with Gasteiger partial charge in [-0.1, -0.05) is 12.1 Å². The molecule has 1 aromatic rings. The molecule has 0 amide bonds. The fourth-order valence-electron chi connectivity index (χ4n) is 2.04. The quantitative estimate of drug-likeness (QED) is 0.853. The van der Waals surface area contributed by atoms with Crippen molar-refractivity contribution in [3.63, 3.8) is 0 Å². The minimum Gasteiger partial charge on any atom is -0.493 e. The van der Waals surface area contributed by atoms with Crippen molar-refractivity contribution < 1.29 is 4.74 Å². The van der Waals surface area contributed by atoms with Crippen molar-refractivity contribution in [1.29, 1.82) is 0 Å². The standard InChI is InChI=1S/C13H19NOS/c1-16-9-12(14)4-2-10-3-5-13-11(8-10)6-7-15-13/h3,5,8,12H,2,4,6-7,9,14H2,1H3. The number of thioether (sulfide) groups is 1. The fraction of sp³-hybridized carbons (Fsp3) is 0.538. The van der Waals surface area contributed by atoms with E-state index in [1.807, 2.05) is 11.8 Å². The second-order valence-corrected chi connectivity index (χ2v) is 5.21. The van der Waals surface area contributed by atoms with Gasteiger partial charge in [0.05, 0.1) is 6.61 Å². The summed E-state index contributed by atoms with van der Waals surface area (Å²) in [7, 11) is 0. The van der Waals surface area contributed by atoms with Crippen molar-refractivity contribution in [1.82, 2.24) is 0 Å². The van der Waals surface area contributed by atoms with Crippen molar-refractivity contribution in [3.05, 3.63) is 29.3 Å². The van der Waals surface area contributed by atoms with Gasteiger partial charge in [0.1, 0.15) is 5.75 Å². The summed E-state index contributed by atoms with van der Waals surface area (Å²) in [5, 5.41) is 0. The van der Waals surface area contributed by atoms with Gasteiger partial charge in [-0.05, 0) is 36.3 Å². The zero-order valence-corrected chi connectivity index (χ0v) is 10.6. The lowest BCUT2D eigenvalue weighted by molar-refractivity contribution is 0.357. The topological polar surface area (TPSA) is 35.2 Å². The molecule has 2 nitrogen and oxygen atoms in total. The summed E-state index contributed by atoms with van der Waals surface area (Å²) < 4.78 is 5.49. The van der Waals surface area contributed by atoms with E-state index in [1.165, 1.54) is 11.1 Å². The zero-order chi connectivity index (χ0) is 11.4. The molecule has 1 unspecified atom stereocenters. The predicted molar refractivity (Wildman–Crippen MR) is 70.3 cm³/mol. The molecule has 0 saturated heterocycles. The van der Waals surface area contributed by atoms with Gasteiger partial charge in [-0.3, -0.25) is 0 Å². The number of hydrogen-bond acceptors (Lipinski definition) is 3. The van der Waals surface area contributed by atoms with Gasteiger partial charge in [-0.15, -0.1) is 0 Å². The molecule has 1 aliphatic rings. The number of aryl methyl sites for hydroxylation is 1. The average Bonchev–Trinajstić information content (AvgIpc) is 2.74. The van der Waals surface area contributed by atoms with Crippen molar-refractivity contribution in [2.24, 2.45) is 5.73 Å². The van der Waals surface area contributed by atoms with Gasteiger partial charge in [0.15, 0.2) is 0 Å². The summed E-state index contributed by atoms with van der Waals surface area (Å²) in [6.07, 6.45) is 5.31. The van der Waals surface area contributed by atoms with E-state index in [1.54, 1.807) is 0 Å². The van der Waals surface area contributed by atoms with Crippen LogP contribution < -0.4 is 10.5 Å². The molecule has 0 saturated carbocycles. The van der Waals surface area contributed by atoms with Crippen LogP contribution in [0, 0.1) is 0 Å². The van der Waals surface area contributed by atoms with Crippen molar-refractivity contribution in [2.45, 2.75) is 25.3 Å². The summed E-state index contributed by atoms with van der Waals surface area (Å²) in [5.74, 6) is 2.12. The van der Waals surface area contributed by atoms with Crippen LogP contribution in [0.1, 0.15) is 17.5 Å². The highest BCUT2D eigenvalue weighted by molar-refractivity contribution is 7.98. The summed E-state index contributed by atoms with van der Waals surface area (Å²) in [4.78, 5) is 0. The molecule has 0 fully saturated rings. The third-order valence-corrected chi connectivity index (χ3v) is 3.70. The van der Waals surface area contributed by atoms with Crippen LogP contribution in [0.4, 0.5) is 0 Å². The molecule has 0 bridgehead atoms. The van der Waals surface area contributed by atoms with E-state index in [9.17, 15) is 0 Å². The van der Waals surface area contributed by atoms with Crippen LogP contribution in [0.25, 0.3) is 0 Å². The van der Waals surface area contributed by atoms with Gasteiger partial charge in [-0.25, -0.2) is 0 Å². The first-order valence-corrected chi connectivity index (χ1v) is 7.18. The second-order valence-electron chi connectivity index (χ2n) is 4.29. The number of nitrogens with two attached hydrogens (primary N) is 1. The molecule has 0 aromatic heterocycles. The van der Waals surface area contributed by atoms with Crippen LogP contribution in [-0.4, -0.2) is 24.7 Å². The van der Waals surface area contributed by atoms with Crippen LogP contribution in [0.5, 0.6) is 5.75 Å². The maximum atomic E-state index is 6.00. The van der Waals surface area contributed by atoms with Crippen molar-refractivity contribution >= 4 is 11.8 Å². The summed E-state index contributed by atoms with van der Waals surface area (Å²) in [5.41, 5.74) is 8.75. The molecular formula is C13H19NOS. The van der Waals surface area contributed by atoms with E-state index in [0.717, 1.165) is 37.4 Å². The Bertz CT molecular complexity index is 354. The summed E-state index contributed by atoms with van der Waals surface area (Å²) in [6, 6.07) is 6.85. The summed E-state index contributed by atoms with van der Waals surface area (Å²) in [6.45, 7) is 0.838. The molecule has 0 aliphatic carbocycles. The van der Waals surface area contributed by atoms with Crippen LogP contribution in [0.15, 0.2) is 18.2 Å². The number of fused-ring (bicyclic) bond motifs is 1. The molecule has 1 aromatic carbocycles. The Morgan fingerprint density at radius 3 is 3.19 bits per heavy atom. The molecule has 1 heterocycles. The highest BCUT2D eigenvalue weighted by Crippen LogP contribution is 2.26. The molecule has 1 atom stereocenters. The largest absolute Gasteiger partial charge is 0.493 e. The van der Waals surface area contributed by atoms with Crippen molar-refractivity contribution in [2.75, 3.05) is 18.6 Å². The molecule has 3 heteroatoms. The zero-order valence-electron chi connectivity index (χ0n) is 9.74.